The van der Waals surface area contributed by atoms with E-state index in [-0.39, 0.29) is 0 Å². The number of rotatable bonds is 5. The van der Waals surface area contributed by atoms with Crippen LogP contribution in [0.3, 0.4) is 0 Å². The summed E-state index contributed by atoms with van der Waals surface area (Å²) < 4.78 is 2.43. The maximum absolute atomic E-state index is 5.27. The second kappa shape index (κ2) is 11.5. The summed E-state index contributed by atoms with van der Waals surface area (Å²) in [6, 6.07) is 64.8. The predicted molar refractivity (Wildman–Crippen MR) is 227 cm³/mol. The van der Waals surface area contributed by atoms with E-state index in [2.05, 4.69) is 162 Å². The number of nitrogens with zero attached hydrogens (tertiary/aromatic N) is 4. The fourth-order valence-corrected chi connectivity index (χ4v) is 8.93. The molecule has 2 heterocycles. The summed E-state index contributed by atoms with van der Waals surface area (Å²) in [5.41, 5.74) is 10.9. The molecule has 0 amide bonds. The quantitative estimate of drug-likeness (QED) is 0.168. The van der Waals surface area contributed by atoms with Gasteiger partial charge in [-0.2, -0.15) is 0 Å². The molecule has 0 saturated heterocycles. The van der Waals surface area contributed by atoms with Crippen LogP contribution in [0.1, 0.15) is 0 Å². The Hall–Kier alpha value is -7.43. The minimum atomic E-state index is 0.626. The van der Waals surface area contributed by atoms with Gasteiger partial charge in [0.1, 0.15) is 0 Å². The van der Waals surface area contributed by atoms with Crippen molar-refractivity contribution in [2.75, 3.05) is 0 Å². The van der Waals surface area contributed by atoms with Crippen molar-refractivity contribution >= 4 is 54.1 Å². The van der Waals surface area contributed by atoms with Gasteiger partial charge in [0.2, 0.25) is 0 Å². The number of aromatic nitrogens is 4. The van der Waals surface area contributed by atoms with Crippen LogP contribution < -0.4 is 0 Å². The van der Waals surface area contributed by atoms with Crippen molar-refractivity contribution in [1.82, 2.24) is 19.5 Å². The smallest absolute Gasteiger partial charge is 0.166 e. The van der Waals surface area contributed by atoms with Crippen molar-refractivity contribution in [2.45, 2.75) is 0 Å². The van der Waals surface area contributed by atoms with E-state index in [1.54, 1.807) is 0 Å². The molecule has 2 aromatic heterocycles. The third kappa shape index (κ3) is 4.43. The molecule has 0 saturated carbocycles. The largest absolute Gasteiger partial charge is 0.308 e. The monoisotopic (exact) mass is 698 g/mol. The maximum Gasteiger partial charge on any atom is 0.166 e. The second-order valence-corrected chi connectivity index (χ2v) is 14.4. The highest BCUT2D eigenvalue weighted by atomic mass is 15.1. The number of fused-ring (bicyclic) bond motifs is 1. The van der Waals surface area contributed by atoms with Gasteiger partial charge in [0.05, 0.1) is 16.7 Å². The maximum atomic E-state index is 5.27. The van der Waals surface area contributed by atoms with E-state index in [1.807, 2.05) is 24.3 Å². The van der Waals surface area contributed by atoms with E-state index < -0.39 is 0 Å². The lowest BCUT2D eigenvalue weighted by molar-refractivity contribution is 1.06. The molecule has 0 fully saturated rings. The number of hydrogen-bond donors (Lipinski definition) is 0. The van der Waals surface area contributed by atoms with Crippen molar-refractivity contribution in [3.63, 3.8) is 0 Å². The molecule has 0 bridgehead atoms. The molecule has 0 spiro atoms. The van der Waals surface area contributed by atoms with Crippen LogP contribution in [0.2, 0.25) is 0 Å². The van der Waals surface area contributed by atoms with Gasteiger partial charge in [0.15, 0.2) is 17.5 Å². The number of para-hydroxylation sites is 1. The van der Waals surface area contributed by atoms with E-state index in [1.165, 1.54) is 54.2 Å². The summed E-state index contributed by atoms with van der Waals surface area (Å²) in [5, 5.41) is 10.3. The van der Waals surface area contributed by atoms with Crippen LogP contribution in [0, 0.1) is 0 Å². The Balaban J connectivity index is 1.15. The minimum absolute atomic E-state index is 0.626. The van der Waals surface area contributed by atoms with E-state index in [4.69, 9.17) is 15.0 Å². The van der Waals surface area contributed by atoms with Crippen LogP contribution in [0.5, 0.6) is 0 Å². The summed E-state index contributed by atoms with van der Waals surface area (Å²) in [7, 11) is 0. The molecule has 1 aliphatic rings. The molecule has 0 atom stereocenters. The molecule has 12 rings (SSSR count). The molecule has 0 aliphatic heterocycles. The predicted octanol–water partition coefficient (Wildman–Crippen LogP) is 13.1. The molecular weight excluding hydrogens is 669 g/mol. The lowest BCUT2D eigenvalue weighted by Gasteiger charge is -2.16. The molecule has 254 valence electrons. The average Bonchev–Trinajstić information content (AvgIpc) is 3.54. The van der Waals surface area contributed by atoms with Gasteiger partial charge in [0.25, 0.3) is 0 Å². The highest BCUT2D eigenvalue weighted by Crippen LogP contribution is 2.50. The lowest BCUT2D eigenvalue weighted by Crippen LogP contribution is -2.03. The molecule has 0 N–H and O–H groups in total. The van der Waals surface area contributed by atoms with Gasteiger partial charge in [0, 0.05) is 32.8 Å². The normalized spacial score (nSPS) is 12.0. The van der Waals surface area contributed by atoms with Gasteiger partial charge in [-0.1, -0.05) is 152 Å². The van der Waals surface area contributed by atoms with Gasteiger partial charge in [-0.3, -0.25) is 0 Å². The van der Waals surface area contributed by atoms with Crippen LogP contribution in [0.25, 0.3) is 116 Å². The standard InChI is InChI=1S/C51H30N4/c1-3-12-31(13-4-1)36-17-9-18-37(30-36)50-52-49(35-14-5-2-6-15-35)53-51(54-50)40-19-7-8-22-41(40)55-42-23-11-21-39-38-20-10-16-32-24-25-33-26-27-34-28-29-43(55)48(47(39)42)46(34)45(33)44(32)38/h1-30H. The molecule has 4 nitrogen and oxygen atoms in total. The zero-order valence-electron chi connectivity index (χ0n) is 29.6. The van der Waals surface area contributed by atoms with E-state index in [0.29, 0.717) is 17.5 Å². The Morgan fingerprint density at radius 3 is 1.58 bits per heavy atom. The van der Waals surface area contributed by atoms with Gasteiger partial charge >= 0.3 is 0 Å². The highest BCUT2D eigenvalue weighted by Gasteiger charge is 2.25. The molecule has 0 radical (unpaired) electrons. The summed E-state index contributed by atoms with van der Waals surface area (Å²) in [6.45, 7) is 0. The Labute approximate surface area is 316 Å². The summed E-state index contributed by atoms with van der Waals surface area (Å²) in [5.74, 6) is 1.90. The van der Waals surface area contributed by atoms with Crippen molar-refractivity contribution in [2.24, 2.45) is 0 Å². The first-order valence-corrected chi connectivity index (χ1v) is 18.7. The first-order valence-electron chi connectivity index (χ1n) is 18.7. The molecular formula is C51H30N4. The first-order chi connectivity index (χ1) is 27.3. The summed E-state index contributed by atoms with van der Waals surface area (Å²) >= 11 is 0. The van der Waals surface area contributed by atoms with Crippen molar-refractivity contribution in [3.05, 3.63) is 182 Å². The van der Waals surface area contributed by atoms with E-state index in [0.717, 1.165) is 44.5 Å². The molecule has 0 unspecified atom stereocenters. The summed E-state index contributed by atoms with van der Waals surface area (Å²) in [6.07, 6.45) is 0. The van der Waals surface area contributed by atoms with Crippen LogP contribution >= 0.6 is 0 Å². The van der Waals surface area contributed by atoms with E-state index >= 15 is 0 Å². The Bertz CT molecular complexity index is 3360. The van der Waals surface area contributed by atoms with E-state index in [9.17, 15) is 0 Å². The number of hydrogen-bond acceptors (Lipinski definition) is 3. The molecule has 1 aliphatic carbocycles. The second-order valence-electron chi connectivity index (χ2n) is 14.4. The van der Waals surface area contributed by atoms with Crippen LogP contribution in [-0.4, -0.2) is 19.5 Å². The fraction of sp³-hybridized carbons (Fsp3) is 0. The Kier molecular flexibility index (Phi) is 6.31. The highest BCUT2D eigenvalue weighted by molar-refractivity contribution is 6.38. The lowest BCUT2D eigenvalue weighted by atomic mass is 9.93. The average molecular weight is 699 g/mol. The zero-order chi connectivity index (χ0) is 36.0. The van der Waals surface area contributed by atoms with Crippen LogP contribution in [0.15, 0.2) is 182 Å². The van der Waals surface area contributed by atoms with Crippen LogP contribution in [-0.2, 0) is 0 Å². The number of benzene rings is 9. The van der Waals surface area contributed by atoms with Gasteiger partial charge < -0.3 is 4.57 Å². The molecule has 55 heavy (non-hydrogen) atoms. The van der Waals surface area contributed by atoms with Crippen LogP contribution in [0.4, 0.5) is 0 Å². The SMILES string of the molecule is c1ccc(-c2cccc(-c3nc(-c4ccccc4)nc(-c4ccccc4-n4c5cccc6c5c5c7c(ccc8ccc9cccc-6c9c87)ccc54)n3)c2)cc1. The third-order valence-corrected chi connectivity index (χ3v) is 11.3. The van der Waals surface area contributed by atoms with Gasteiger partial charge in [-0.25, -0.2) is 15.0 Å². The topological polar surface area (TPSA) is 43.6 Å². The minimum Gasteiger partial charge on any atom is -0.308 e. The Morgan fingerprint density at radius 1 is 0.291 bits per heavy atom. The summed E-state index contributed by atoms with van der Waals surface area (Å²) in [4.78, 5) is 15.6. The third-order valence-electron chi connectivity index (χ3n) is 11.3. The Morgan fingerprint density at radius 2 is 0.800 bits per heavy atom. The first kappa shape index (κ1) is 30.1. The molecule has 4 heteroatoms. The molecule has 11 aromatic rings. The fourth-order valence-electron chi connectivity index (χ4n) is 8.93. The molecule has 9 aromatic carbocycles. The zero-order valence-corrected chi connectivity index (χ0v) is 29.6. The van der Waals surface area contributed by atoms with Gasteiger partial charge in [-0.15, -0.1) is 0 Å². The van der Waals surface area contributed by atoms with Crippen molar-refractivity contribution in [1.29, 1.82) is 0 Å². The van der Waals surface area contributed by atoms with Crippen molar-refractivity contribution in [3.8, 4) is 62.1 Å². The van der Waals surface area contributed by atoms with Gasteiger partial charge in [-0.05, 0) is 79.5 Å². The van der Waals surface area contributed by atoms with Crippen molar-refractivity contribution < 1.29 is 0 Å².